The minimum atomic E-state index is -0.453. The molecule has 0 N–H and O–H groups in total. The number of benzene rings is 2. The molecule has 5 nitrogen and oxygen atoms in total. The van der Waals surface area contributed by atoms with Crippen LogP contribution in [-0.4, -0.2) is 17.8 Å². The molecule has 2 aromatic carbocycles. The molecule has 2 aromatic rings. The zero-order valence-corrected chi connectivity index (χ0v) is 15.1. The second kappa shape index (κ2) is 8.01. The van der Waals surface area contributed by atoms with Gasteiger partial charge in [0, 0.05) is 29.1 Å². The summed E-state index contributed by atoms with van der Waals surface area (Å²) < 4.78 is 0. The van der Waals surface area contributed by atoms with Crippen molar-refractivity contribution >= 4 is 35.0 Å². The predicted octanol–water partition coefficient (Wildman–Crippen LogP) is 5.04. The van der Waals surface area contributed by atoms with Crippen molar-refractivity contribution in [2.45, 2.75) is 18.2 Å². The second-order valence-corrected chi connectivity index (χ2v) is 6.83. The lowest BCUT2D eigenvalue weighted by Gasteiger charge is -2.19. The first-order valence-corrected chi connectivity index (χ1v) is 9.12. The number of aldehydes is 1. The Balaban J connectivity index is 1.90. The van der Waals surface area contributed by atoms with Crippen LogP contribution >= 0.6 is 11.8 Å². The SMILES string of the molecule is CCCN1/C(=C\C=C(/C=O)c2ccc([N+](=O)[O-])cc2)Sc2ccccc21. The Morgan fingerprint density at radius 3 is 2.58 bits per heavy atom. The third kappa shape index (κ3) is 3.70. The highest BCUT2D eigenvalue weighted by atomic mass is 32.2. The van der Waals surface area contributed by atoms with E-state index in [2.05, 4.69) is 24.0 Å². The largest absolute Gasteiger partial charge is 0.335 e. The molecule has 0 spiro atoms. The van der Waals surface area contributed by atoms with Gasteiger partial charge in [0.05, 0.1) is 15.6 Å². The average Bonchev–Trinajstić information content (AvgIpc) is 3.01. The molecule has 0 aromatic heterocycles. The molecular formula is C20H18N2O3S. The first-order chi connectivity index (χ1) is 12.6. The van der Waals surface area contributed by atoms with Crippen LogP contribution in [0.5, 0.6) is 0 Å². The maximum Gasteiger partial charge on any atom is 0.269 e. The molecule has 0 saturated heterocycles. The second-order valence-electron chi connectivity index (χ2n) is 5.77. The number of nitro groups is 1. The maximum atomic E-state index is 11.5. The molecule has 0 saturated carbocycles. The van der Waals surface area contributed by atoms with E-state index in [0.717, 1.165) is 24.3 Å². The third-order valence-electron chi connectivity index (χ3n) is 4.03. The van der Waals surface area contributed by atoms with E-state index >= 15 is 0 Å². The molecule has 0 atom stereocenters. The van der Waals surface area contributed by atoms with Gasteiger partial charge in [-0.2, -0.15) is 0 Å². The Morgan fingerprint density at radius 2 is 1.92 bits per heavy atom. The molecule has 0 amide bonds. The summed E-state index contributed by atoms with van der Waals surface area (Å²) in [5, 5.41) is 11.8. The van der Waals surface area contributed by atoms with Crippen LogP contribution in [0.15, 0.2) is 70.6 Å². The monoisotopic (exact) mass is 366 g/mol. The zero-order valence-electron chi connectivity index (χ0n) is 14.3. The van der Waals surface area contributed by atoms with Gasteiger partial charge in [-0.1, -0.05) is 30.8 Å². The minimum absolute atomic E-state index is 0.00766. The summed E-state index contributed by atoms with van der Waals surface area (Å²) in [6.07, 6.45) is 5.49. The fourth-order valence-corrected chi connectivity index (χ4v) is 3.86. The number of hydrogen-bond donors (Lipinski definition) is 0. The average molecular weight is 366 g/mol. The van der Waals surface area contributed by atoms with Crippen molar-refractivity contribution in [2.75, 3.05) is 11.4 Å². The Labute approximate surface area is 156 Å². The number of nitro benzene ring substituents is 1. The topological polar surface area (TPSA) is 63.5 Å². The molecule has 0 bridgehead atoms. The summed E-state index contributed by atoms with van der Waals surface area (Å²) >= 11 is 1.68. The van der Waals surface area contributed by atoms with Gasteiger partial charge in [0.2, 0.25) is 0 Å². The number of allylic oxidation sites excluding steroid dienone is 3. The molecule has 0 radical (unpaired) electrons. The first kappa shape index (κ1) is 17.9. The lowest BCUT2D eigenvalue weighted by atomic mass is 10.1. The van der Waals surface area contributed by atoms with Gasteiger partial charge in [0.15, 0.2) is 6.29 Å². The van der Waals surface area contributed by atoms with Crippen LogP contribution in [0.3, 0.4) is 0 Å². The van der Waals surface area contributed by atoms with Gasteiger partial charge in [-0.3, -0.25) is 14.9 Å². The number of non-ortho nitro benzene ring substituents is 1. The molecular weight excluding hydrogens is 348 g/mol. The number of fused-ring (bicyclic) bond motifs is 1. The van der Waals surface area contributed by atoms with E-state index in [9.17, 15) is 14.9 Å². The molecule has 0 unspecified atom stereocenters. The summed E-state index contributed by atoms with van der Waals surface area (Å²) in [7, 11) is 0. The Hall–Kier alpha value is -2.86. The van der Waals surface area contributed by atoms with E-state index in [0.29, 0.717) is 11.1 Å². The summed E-state index contributed by atoms with van der Waals surface area (Å²) in [5.41, 5.74) is 2.33. The summed E-state index contributed by atoms with van der Waals surface area (Å²) in [6.45, 7) is 3.03. The Morgan fingerprint density at radius 1 is 1.19 bits per heavy atom. The lowest BCUT2D eigenvalue weighted by molar-refractivity contribution is -0.384. The highest BCUT2D eigenvalue weighted by Gasteiger charge is 2.23. The molecule has 1 heterocycles. The van der Waals surface area contributed by atoms with Crippen molar-refractivity contribution in [1.29, 1.82) is 0 Å². The van der Waals surface area contributed by atoms with Gasteiger partial charge in [0.25, 0.3) is 5.69 Å². The van der Waals surface area contributed by atoms with Crippen LogP contribution in [-0.2, 0) is 4.79 Å². The molecule has 3 rings (SSSR count). The van der Waals surface area contributed by atoms with Crippen molar-refractivity contribution in [1.82, 2.24) is 0 Å². The molecule has 1 aliphatic heterocycles. The number of anilines is 1. The number of rotatable bonds is 6. The fourth-order valence-electron chi connectivity index (χ4n) is 2.77. The lowest BCUT2D eigenvalue weighted by Crippen LogP contribution is -2.18. The molecule has 1 aliphatic rings. The Kier molecular flexibility index (Phi) is 5.53. The van der Waals surface area contributed by atoms with E-state index in [1.54, 1.807) is 30.0 Å². The van der Waals surface area contributed by atoms with Crippen LogP contribution in [0.1, 0.15) is 18.9 Å². The molecule has 0 aliphatic carbocycles. The summed E-state index contributed by atoms with van der Waals surface area (Å²) in [4.78, 5) is 25.3. The molecule has 6 heteroatoms. The number of para-hydroxylation sites is 1. The standard InChI is InChI=1S/C20H18N2O3S/c1-2-13-21-18-5-3-4-6-19(18)26-20(21)12-9-16(14-23)15-7-10-17(11-8-15)22(24)25/h3-12,14H,2,13H2,1H3/b16-9+,20-12+. The van der Waals surface area contributed by atoms with Crippen LogP contribution in [0.2, 0.25) is 0 Å². The van der Waals surface area contributed by atoms with Gasteiger partial charge in [-0.05, 0) is 48.4 Å². The number of carbonyl (C=O) groups is 1. The van der Waals surface area contributed by atoms with E-state index in [1.165, 1.54) is 22.7 Å². The van der Waals surface area contributed by atoms with Gasteiger partial charge >= 0.3 is 0 Å². The van der Waals surface area contributed by atoms with Crippen molar-refractivity contribution in [2.24, 2.45) is 0 Å². The van der Waals surface area contributed by atoms with Crippen LogP contribution in [0, 0.1) is 10.1 Å². The molecule has 26 heavy (non-hydrogen) atoms. The number of carbonyl (C=O) groups excluding carboxylic acids is 1. The van der Waals surface area contributed by atoms with Crippen molar-refractivity contribution in [3.8, 4) is 0 Å². The van der Waals surface area contributed by atoms with Crippen molar-refractivity contribution < 1.29 is 9.72 Å². The normalized spacial score (nSPS) is 15.2. The number of thioether (sulfide) groups is 1. The fraction of sp³-hybridized carbons (Fsp3) is 0.150. The van der Waals surface area contributed by atoms with Gasteiger partial charge in [0.1, 0.15) is 0 Å². The van der Waals surface area contributed by atoms with Crippen molar-refractivity contribution in [3.63, 3.8) is 0 Å². The highest BCUT2D eigenvalue weighted by Crippen LogP contribution is 2.45. The third-order valence-corrected chi connectivity index (χ3v) is 5.16. The summed E-state index contributed by atoms with van der Waals surface area (Å²) in [6, 6.07) is 14.2. The van der Waals surface area contributed by atoms with Gasteiger partial charge in [-0.25, -0.2) is 0 Å². The number of hydrogen-bond acceptors (Lipinski definition) is 5. The molecule has 132 valence electrons. The number of nitrogens with zero attached hydrogens (tertiary/aromatic N) is 2. The predicted molar refractivity (Wildman–Crippen MR) is 105 cm³/mol. The summed E-state index contributed by atoms with van der Waals surface area (Å²) in [5.74, 6) is 0. The molecule has 0 fully saturated rings. The zero-order chi connectivity index (χ0) is 18.5. The van der Waals surface area contributed by atoms with E-state index in [4.69, 9.17) is 0 Å². The smallest absolute Gasteiger partial charge is 0.269 e. The van der Waals surface area contributed by atoms with E-state index < -0.39 is 4.92 Å². The Bertz CT molecular complexity index is 888. The van der Waals surface area contributed by atoms with Gasteiger partial charge < -0.3 is 4.90 Å². The van der Waals surface area contributed by atoms with Crippen LogP contribution < -0.4 is 4.90 Å². The minimum Gasteiger partial charge on any atom is -0.335 e. The van der Waals surface area contributed by atoms with Crippen LogP contribution in [0.4, 0.5) is 11.4 Å². The van der Waals surface area contributed by atoms with Crippen LogP contribution in [0.25, 0.3) is 5.57 Å². The quantitative estimate of drug-likeness (QED) is 0.310. The maximum absolute atomic E-state index is 11.5. The van der Waals surface area contributed by atoms with Crippen molar-refractivity contribution in [3.05, 3.63) is 81.4 Å². The highest BCUT2D eigenvalue weighted by molar-refractivity contribution is 8.03. The van der Waals surface area contributed by atoms with Gasteiger partial charge in [-0.15, -0.1) is 0 Å². The van der Waals surface area contributed by atoms with E-state index in [1.807, 2.05) is 18.2 Å². The first-order valence-electron chi connectivity index (χ1n) is 8.30. The van der Waals surface area contributed by atoms with E-state index in [-0.39, 0.29) is 5.69 Å².